The minimum Gasteiger partial charge on any atom is -0.371 e. The first-order valence-electron chi connectivity index (χ1n) is 8.67. The molecule has 0 unspecified atom stereocenters. The average molecular weight is 285 g/mol. The highest BCUT2D eigenvalue weighted by atomic mass is 15.2. The second-order valence-electron chi connectivity index (χ2n) is 6.97. The third kappa shape index (κ3) is 2.82. The monoisotopic (exact) mass is 285 g/mol. The normalized spacial score (nSPS) is 31.3. The SMILES string of the molecule is c1ccc(N2CCC(N3C[C@@H]4CCCN[C@@H]4C3)CC2)cc1. The summed E-state index contributed by atoms with van der Waals surface area (Å²) in [6.45, 7) is 6.30. The van der Waals surface area contributed by atoms with E-state index in [9.17, 15) is 0 Å². The molecule has 1 aromatic carbocycles. The predicted octanol–water partition coefficient (Wildman–Crippen LogP) is 2.34. The van der Waals surface area contributed by atoms with Gasteiger partial charge in [0.2, 0.25) is 0 Å². The van der Waals surface area contributed by atoms with Crippen LogP contribution in [-0.2, 0) is 0 Å². The quantitative estimate of drug-likeness (QED) is 0.900. The third-order valence-corrected chi connectivity index (χ3v) is 5.73. The Morgan fingerprint density at radius 3 is 2.52 bits per heavy atom. The molecule has 0 bridgehead atoms. The summed E-state index contributed by atoms with van der Waals surface area (Å²) in [5, 5.41) is 3.73. The van der Waals surface area contributed by atoms with Crippen molar-refractivity contribution in [1.29, 1.82) is 0 Å². The van der Waals surface area contributed by atoms with Gasteiger partial charge in [0.25, 0.3) is 0 Å². The number of hydrogen-bond acceptors (Lipinski definition) is 3. The van der Waals surface area contributed by atoms with Crippen molar-refractivity contribution in [3.05, 3.63) is 30.3 Å². The van der Waals surface area contributed by atoms with Crippen LogP contribution in [0.1, 0.15) is 25.7 Å². The lowest BCUT2D eigenvalue weighted by Gasteiger charge is -2.38. The van der Waals surface area contributed by atoms with Crippen molar-refractivity contribution in [1.82, 2.24) is 10.2 Å². The molecule has 0 saturated carbocycles. The number of para-hydroxylation sites is 1. The van der Waals surface area contributed by atoms with E-state index in [1.807, 2.05) is 0 Å². The Labute approximate surface area is 128 Å². The van der Waals surface area contributed by atoms with Crippen LogP contribution in [0.4, 0.5) is 5.69 Å². The van der Waals surface area contributed by atoms with E-state index >= 15 is 0 Å². The second-order valence-corrected chi connectivity index (χ2v) is 6.97. The van der Waals surface area contributed by atoms with Crippen molar-refractivity contribution >= 4 is 5.69 Å². The lowest BCUT2D eigenvalue weighted by atomic mass is 9.94. The van der Waals surface area contributed by atoms with Gasteiger partial charge in [0.15, 0.2) is 0 Å². The highest BCUT2D eigenvalue weighted by Crippen LogP contribution is 2.30. The maximum Gasteiger partial charge on any atom is 0.0366 e. The maximum absolute atomic E-state index is 3.73. The summed E-state index contributed by atoms with van der Waals surface area (Å²) in [7, 11) is 0. The van der Waals surface area contributed by atoms with Gasteiger partial charge in [0.1, 0.15) is 0 Å². The molecule has 114 valence electrons. The van der Waals surface area contributed by atoms with Gasteiger partial charge in [-0.05, 0) is 50.3 Å². The highest BCUT2D eigenvalue weighted by molar-refractivity contribution is 5.46. The summed E-state index contributed by atoms with van der Waals surface area (Å²) in [5.41, 5.74) is 1.40. The number of nitrogens with zero attached hydrogens (tertiary/aromatic N) is 2. The standard InChI is InChI=1S/C18H27N3/c1-2-6-16(7-3-1)20-11-8-17(9-12-20)21-13-15-5-4-10-19-18(15)14-21/h1-3,6-7,15,17-19H,4-5,8-14H2/t15-,18+/m0/s1. The molecule has 21 heavy (non-hydrogen) atoms. The fourth-order valence-corrected chi connectivity index (χ4v) is 4.51. The Hall–Kier alpha value is -1.06. The molecule has 0 aliphatic carbocycles. The molecule has 0 amide bonds. The van der Waals surface area contributed by atoms with Crippen LogP contribution in [0.25, 0.3) is 0 Å². The first-order valence-corrected chi connectivity index (χ1v) is 8.67. The molecular formula is C18H27N3. The lowest BCUT2D eigenvalue weighted by Crippen LogP contribution is -2.45. The van der Waals surface area contributed by atoms with Crippen LogP contribution in [0.3, 0.4) is 0 Å². The van der Waals surface area contributed by atoms with Gasteiger partial charge in [0.05, 0.1) is 0 Å². The van der Waals surface area contributed by atoms with Crippen molar-refractivity contribution in [3.63, 3.8) is 0 Å². The predicted molar refractivity (Wildman–Crippen MR) is 87.8 cm³/mol. The van der Waals surface area contributed by atoms with Crippen LogP contribution in [0, 0.1) is 5.92 Å². The molecule has 3 saturated heterocycles. The van der Waals surface area contributed by atoms with Crippen LogP contribution in [-0.4, -0.2) is 49.7 Å². The number of nitrogens with one attached hydrogen (secondary N) is 1. The van der Waals surface area contributed by atoms with E-state index in [1.54, 1.807) is 0 Å². The van der Waals surface area contributed by atoms with Crippen molar-refractivity contribution in [2.75, 3.05) is 37.6 Å². The number of piperidine rings is 2. The van der Waals surface area contributed by atoms with Crippen LogP contribution >= 0.6 is 0 Å². The van der Waals surface area contributed by atoms with Gasteiger partial charge in [-0.15, -0.1) is 0 Å². The summed E-state index contributed by atoms with van der Waals surface area (Å²) < 4.78 is 0. The van der Waals surface area contributed by atoms with E-state index in [0.717, 1.165) is 18.0 Å². The molecule has 3 nitrogen and oxygen atoms in total. The molecular weight excluding hydrogens is 258 g/mol. The summed E-state index contributed by atoms with van der Waals surface area (Å²) in [4.78, 5) is 5.34. The fourth-order valence-electron chi connectivity index (χ4n) is 4.51. The van der Waals surface area contributed by atoms with E-state index in [4.69, 9.17) is 0 Å². The number of rotatable bonds is 2. The first kappa shape index (κ1) is 13.6. The molecule has 1 N–H and O–H groups in total. The van der Waals surface area contributed by atoms with Crippen LogP contribution in [0.5, 0.6) is 0 Å². The minimum absolute atomic E-state index is 0.783. The number of benzene rings is 1. The molecule has 3 aliphatic rings. The van der Waals surface area contributed by atoms with E-state index in [1.165, 1.54) is 64.1 Å². The van der Waals surface area contributed by atoms with Crippen LogP contribution in [0.15, 0.2) is 30.3 Å². The first-order chi connectivity index (χ1) is 10.4. The van der Waals surface area contributed by atoms with Gasteiger partial charge < -0.3 is 10.2 Å². The van der Waals surface area contributed by atoms with Gasteiger partial charge in [-0.1, -0.05) is 18.2 Å². The summed E-state index contributed by atoms with van der Waals surface area (Å²) in [6, 6.07) is 12.5. The fraction of sp³-hybridized carbons (Fsp3) is 0.667. The zero-order valence-corrected chi connectivity index (χ0v) is 12.9. The minimum atomic E-state index is 0.783. The third-order valence-electron chi connectivity index (χ3n) is 5.73. The molecule has 4 rings (SSSR count). The Kier molecular flexibility index (Phi) is 3.87. The van der Waals surface area contributed by atoms with Crippen molar-refractivity contribution < 1.29 is 0 Å². The van der Waals surface area contributed by atoms with E-state index < -0.39 is 0 Å². The van der Waals surface area contributed by atoms with Crippen molar-refractivity contribution in [3.8, 4) is 0 Å². The number of likely N-dealkylation sites (tertiary alicyclic amines) is 1. The molecule has 0 aromatic heterocycles. The van der Waals surface area contributed by atoms with Gasteiger partial charge >= 0.3 is 0 Å². The van der Waals surface area contributed by atoms with Gasteiger partial charge in [0, 0.05) is 44.0 Å². The number of hydrogen-bond donors (Lipinski definition) is 1. The number of fused-ring (bicyclic) bond motifs is 1. The maximum atomic E-state index is 3.73. The van der Waals surface area contributed by atoms with Crippen LogP contribution < -0.4 is 10.2 Å². The van der Waals surface area contributed by atoms with Gasteiger partial charge in [-0.25, -0.2) is 0 Å². The Balaban J connectivity index is 1.33. The molecule has 1 aromatic rings. The van der Waals surface area contributed by atoms with Gasteiger partial charge in [-0.2, -0.15) is 0 Å². The molecule has 3 heteroatoms. The van der Waals surface area contributed by atoms with E-state index in [2.05, 4.69) is 45.4 Å². The van der Waals surface area contributed by atoms with Crippen molar-refractivity contribution in [2.45, 2.75) is 37.8 Å². The smallest absolute Gasteiger partial charge is 0.0366 e. The second kappa shape index (κ2) is 5.98. The summed E-state index contributed by atoms with van der Waals surface area (Å²) in [6.07, 6.45) is 5.47. The largest absolute Gasteiger partial charge is 0.371 e. The molecule has 3 heterocycles. The average Bonchev–Trinajstić information content (AvgIpc) is 3.00. The Morgan fingerprint density at radius 2 is 1.76 bits per heavy atom. The van der Waals surface area contributed by atoms with E-state index in [0.29, 0.717) is 0 Å². The molecule has 0 spiro atoms. The Morgan fingerprint density at radius 1 is 0.952 bits per heavy atom. The molecule has 3 aliphatic heterocycles. The zero-order chi connectivity index (χ0) is 14.1. The summed E-state index contributed by atoms with van der Waals surface area (Å²) >= 11 is 0. The van der Waals surface area contributed by atoms with Gasteiger partial charge in [-0.3, -0.25) is 4.90 Å². The lowest BCUT2D eigenvalue weighted by molar-refractivity contribution is 0.199. The molecule has 2 atom stereocenters. The van der Waals surface area contributed by atoms with Crippen molar-refractivity contribution in [2.24, 2.45) is 5.92 Å². The Bertz CT molecular complexity index is 439. The highest BCUT2D eigenvalue weighted by Gasteiger charge is 2.37. The molecule has 3 fully saturated rings. The summed E-state index contributed by atoms with van der Waals surface area (Å²) in [5.74, 6) is 0.922. The topological polar surface area (TPSA) is 18.5 Å². The van der Waals surface area contributed by atoms with Crippen LogP contribution in [0.2, 0.25) is 0 Å². The number of anilines is 1. The molecule has 0 radical (unpaired) electrons. The zero-order valence-electron chi connectivity index (χ0n) is 12.9. The van der Waals surface area contributed by atoms with E-state index in [-0.39, 0.29) is 0 Å².